The number of hydrogen-bond donors (Lipinski definition) is 0. The summed E-state index contributed by atoms with van der Waals surface area (Å²) in [4.78, 5) is 0. The molecule has 0 heterocycles. The Morgan fingerprint density at radius 2 is 1.75 bits per heavy atom. The minimum absolute atomic E-state index is 0.583. The summed E-state index contributed by atoms with van der Waals surface area (Å²) in [5.41, 5.74) is 0.618. The molecule has 0 radical (unpaired) electrons. The van der Waals surface area contributed by atoms with Crippen LogP contribution in [0, 0.1) is 6.67 Å². The molecule has 40 valence electrons. The van der Waals surface area contributed by atoms with Crippen molar-refractivity contribution in [1.82, 2.24) is 0 Å². The normalized spacial score (nSPS) is 8.62. The van der Waals surface area contributed by atoms with Crippen LogP contribution >= 0.6 is 0 Å². The topological polar surface area (TPSA) is 0 Å². The second-order valence-corrected chi connectivity index (χ2v) is 1.52. The first kappa shape index (κ1) is 5.16. The summed E-state index contributed by atoms with van der Waals surface area (Å²) in [5, 5.41) is 0. The average Bonchev–Trinajstić information content (AvgIpc) is 1.90. The summed E-state index contributed by atoms with van der Waals surface area (Å²) >= 11 is 0. The van der Waals surface area contributed by atoms with E-state index in [9.17, 15) is 4.39 Å². The van der Waals surface area contributed by atoms with E-state index >= 15 is 0 Å². The summed E-state index contributed by atoms with van der Waals surface area (Å²) in [7, 11) is 0. The second kappa shape index (κ2) is 2.36. The molecule has 0 saturated carbocycles. The fourth-order valence-corrected chi connectivity index (χ4v) is 0.526. The van der Waals surface area contributed by atoms with Gasteiger partial charge in [0, 0.05) is 12.1 Å². The monoisotopic (exact) mass is 109 g/mol. The molecule has 0 atom stereocenters. The highest BCUT2D eigenvalue weighted by Gasteiger charge is 1.94. The minimum atomic E-state index is 0.583. The SMILES string of the molecule is F[CH+]c1ccccc1. The maximum absolute atomic E-state index is 11.6. The van der Waals surface area contributed by atoms with Crippen molar-refractivity contribution < 1.29 is 4.39 Å². The van der Waals surface area contributed by atoms with Gasteiger partial charge in [-0.25, -0.2) is 0 Å². The number of hydrogen-bond acceptors (Lipinski definition) is 0. The van der Waals surface area contributed by atoms with Crippen molar-refractivity contribution >= 4 is 0 Å². The zero-order valence-corrected chi connectivity index (χ0v) is 4.34. The lowest BCUT2D eigenvalue weighted by Crippen LogP contribution is -1.69. The van der Waals surface area contributed by atoms with Crippen LogP contribution in [0.4, 0.5) is 4.39 Å². The third-order valence-electron chi connectivity index (χ3n) is 0.926. The van der Waals surface area contributed by atoms with Crippen molar-refractivity contribution in [2.24, 2.45) is 0 Å². The second-order valence-electron chi connectivity index (χ2n) is 1.52. The van der Waals surface area contributed by atoms with Crippen molar-refractivity contribution in [3.63, 3.8) is 0 Å². The Kier molecular flexibility index (Phi) is 1.52. The van der Waals surface area contributed by atoms with Crippen molar-refractivity contribution in [3.05, 3.63) is 42.6 Å². The van der Waals surface area contributed by atoms with Crippen LogP contribution in [-0.2, 0) is 0 Å². The number of halogens is 1. The first-order valence-electron chi connectivity index (χ1n) is 2.42. The van der Waals surface area contributed by atoms with Crippen LogP contribution in [0.25, 0.3) is 0 Å². The molecule has 0 aliphatic rings. The standard InChI is InChI=1S/C7H6F/c8-6-7-4-2-1-3-5-7/h1-6H/q+1. The van der Waals surface area contributed by atoms with Crippen molar-refractivity contribution in [2.75, 3.05) is 0 Å². The van der Waals surface area contributed by atoms with Gasteiger partial charge >= 0.3 is 0 Å². The Balaban J connectivity index is 2.83. The maximum atomic E-state index is 11.6. The number of rotatable bonds is 1. The molecule has 0 saturated heterocycles. The van der Waals surface area contributed by atoms with Crippen LogP contribution in [-0.4, -0.2) is 0 Å². The van der Waals surface area contributed by atoms with E-state index in [0.717, 1.165) is 0 Å². The molecule has 0 nitrogen and oxygen atoms in total. The Hall–Kier alpha value is -0.980. The molecule has 8 heavy (non-hydrogen) atoms. The van der Waals surface area contributed by atoms with Crippen LogP contribution in [0.3, 0.4) is 0 Å². The lowest BCUT2D eigenvalue weighted by Gasteiger charge is -1.76. The lowest BCUT2D eigenvalue weighted by atomic mass is 10.2. The highest BCUT2D eigenvalue weighted by Crippen LogP contribution is 2.00. The molecule has 0 N–H and O–H groups in total. The zero-order valence-electron chi connectivity index (χ0n) is 4.34. The van der Waals surface area contributed by atoms with Crippen LogP contribution in [0.2, 0.25) is 0 Å². The molecule has 0 aromatic heterocycles. The van der Waals surface area contributed by atoms with Gasteiger partial charge in [-0.15, -0.1) is 4.39 Å². The van der Waals surface area contributed by atoms with Gasteiger partial charge in [-0.3, -0.25) is 0 Å². The highest BCUT2D eigenvalue weighted by atomic mass is 19.1. The van der Waals surface area contributed by atoms with E-state index in [0.29, 0.717) is 12.2 Å². The molecule has 0 amide bonds. The molecule has 1 aromatic carbocycles. The summed E-state index contributed by atoms with van der Waals surface area (Å²) in [6, 6.07) is 8.86. The molecule has 0 fully saturated rings. The average molecular weight is 109 g/mol. The highest BCUT2D eigenvalue weighted by molar-refractivity contribution is 5.19. The number of benzene rings is 1. The summed E-state index contributed by atoms with van der Waals surface area (Å²) in [6.45, 7) is 0.583. The van der Waals surface area contributed by atoms with E-state index in [1.54, 1.807) is 24.3 Å². The van der Waals surface area contributed by atoms with Crippen molar-refractivity contribution in [2.45, 2.75) is 0 Å². The summed E-state index contributed by atoms with van der Waals surface area (Å²) < 4.78 is 11.6. The largest absolute Gasteiger partial charge is 0.201 e. The van der Waals surface area contributed by atoms with E-state index in [2.05, 4.69) is 0 Å². The van der Waals surface area contributed by atoms with Gasteiger partial charge in [0.25, 0.3) is 0 Å². The van der Waals surface area contributed by atoms with Crippen LogP contribution in [0.1, 0.15) is 5.56 Å². The van der Waals surface area contributed by atoms with Crippen LogP contribution < -0.4 is 0 Å². The smallest absolute Gasteiger partial charge is 0.135 e. The molecule has 0 bridgehead atoms. The van der Waals surface area contributed by atoms with Gasteiger partial charge in [0.05, 0.1) is 0 Å². The minimum Gasteiger partial charge on any atom is -0.135 e. The molecule has 0 aliphatic heterocycles. The van der Waals surface area contributed by atoms with E-state index in [-0.39, 0.29) is 0 Å². The molecule has 1 aromatic rings. The van der Waals surface area contributed by atoms with Gasteiger partial charge in [-0.05, 0) is 18.2 Å². The van der Waals surface area contributed by atoms with Gasteiger partial charge < -0.3 is 0 Å². The van der Waals surface area contributed by atoms with Crippen LogP contribution in [0.5, 0.6) is 0 Å². The fraction of sp³-hybridized carbons (Fsp3) is 0. The predicted octanol–water partition coefficient (Wildman–Crippen LogP) is 2.17. The van der Waals surface area contributed by atoms with E-state index in [1.165, 1.54) is 0 Å². The van der Waals surface area contributed by atoms with E-state index in [1.807, 2.05) is 6.07 Å². The lowest BCUT2D eigenvalue weighted by molar-refractivity contribution is 0.646. The van der Waals surface area contributed by atoms with Crippen LogP contribution in [0.15, 0.2) is 30.3 Å². The first-order chi connectivity index (χ1) is 3.93. The van der Waals surface area contributed by atoms with Gasteiger partial charge in [-0.2, -0.15) is 0 Å². The van der Waals surface area contributed by atoms with Gasteiger partial charge in [0.1, 0.15) is 0 Å². The Morgan fingerprint density at radius 3 is 2.12 bits per heavy atom. The first-order valence-corrected chi connectivity index (χ1v) is 2.42. The van der Waals surface area contributed by atoms with E-state index in [4.69, 9.17) is 0 Å². The Bertz CT molecular complexity index is 146. The predicted molar refractivity (Wildman–Crippen MR) is 31.0 cm³/mol. The van der Waals surface area contributed by atoms with Crippen molar-refractivity contribution in [3.8, 4) is 0 Å². The summed E-state index contributed by atoms with van der Waals surface area (Å²) in [5.74, 6) is 0. The summed E-state index contributed by atoms with van der Waals surface area (Å²) in [6.07, 6.45) is 0. The van der Waals surface area contributed by atoms with E-state index < -0.39 is 0 Å². The quantitative estimate of drug-likeness (QED) is 0.485. The zero-order chi connectivity index (χ0) is 5.82. The third kappa shape index (κ3) is 0.997. The Labute approximate surface area is 48.0 Å². The van der Waals surface area contributed by atoms with Gasteiger partial charge in [-0.1, -0.05) is 0 Å². The molecular formula is C7H6F+. The van der Waals surface area contributed by atoms with Gasteiger partial charge in [0.15, 0.2) is 5.56 Å². The fourth-order valence-electron chi connectivity index (χ4n) is 0.526. The van der Waals surface area contributed by atoms with Crippen molar-refractivity contribution in [1.29, 1.82) is 0 Å². The molecule has 1 heteroatoms. The molecule has 1 rings (SSSR count). The maximum Gasteiger partial charge on any atom is 0.201 e. The molecular weight excluding hydrogens is 103 g/mol. The molecule has 0 spiro atoms. The Morgan fingerprint density at radius 1 is 1.12 bits per heavy atom. The molecule has 0 aliphatic carbocycles. The molecule has 0 unspecified atom stereocenters. The van der Waals surface area contributed by atoms with Gasteiger partial charge in [0.2, 0.25) is 6.67 Å². The third-order valence-corrected chi connectivity index (χ3v) is 0.926.